The Hall–Kier alpha value is -10.4. The molecule has 0 aliphatic carbocycles. The molecule has 10 aromatic rings. The van der Waals surface area contributed by atoms with Crippen LogP contribution in [0.2, 0.25) is 0 Å². The third-order valence-corrected chi connectivity index (χ3v) is 13.5. The van der Waals surface area contributed by atoms with Crippen molar-refractivity contribution in [3.8, 4) is 69.3 Å². The van der Waals surface area contributed by atoms with E-state index in [0.717, 1.165) is 45.5 Å². The highest BCUT2D eigenvalue weighted by Gasteiger charge is 2.38. The summed E-state index contributed by atoms with van der Waals surface area (Å²) in [6, 6.07) is 76.5. The van der Waals surface area contributed by atoms with E-state index >= 15 is 0 Å². The Morgan fingerprint density at radius 1 is 0.222 bits per heavy atom. The molecule has 0 N–H and O–H groups in total. The normalized spacial score (nSPS) is 13.0. The maximum absolute atomic E-state index is 12.3. The fourth-order valence-corrected chi connectivity index (χ4v) is 10.5. The van der Waals surface area contributed by atoms with Crippen molar-refractivity contribution in [2.75, 3.05) is 19.6 Å². The zero-order chi connectivity index (χ0) is 47.9. The minimum Gasteiger partial charge on any atom is -0.453 e. The number of hydrogen-bond donors (Lipinski definition) is 0. The van der Waals surface area contributed by atoms with Crippen molar-refractivity contribution in [3.05, 3.63) is 230 Å². The lowest BCUT2D eigenvalue weighted by Gasteiger charge is -2.39. The molecule has 0 aromatic heterocycles. The molecular weight excluding hydrogens is 893 g/mol. The van der Waals surface area contributed by atoms with Crippen LogP contribution in [0.4, 0.5) is 68.2 Å². The first-order chi connectivity index (χ1) is 35.7. The van der Waals surface area contributed by atoms with Gasteiger partial charge in [0.25, 0.3) is 0 Å². The van der Waals surface area contributed by atoms with E-state index in [-0.39, 0.29) is 0 Å². The Balaban J connectivity index is 1.16. The van der Waals surface area contributed by atoms with E-state index in [1.807, 2.05) is 206 Å². The van der Waals surface area contributed by atoms with Gasteiger partial charge in [-0.1, -0.05) is 97.1 Å². The molecule has 10 nitrogen and oxygen atoms in total. The van der Waals surface area contributed by atoms with E-state index in [1.165, 1.54) is 0 Å². The average molecular weight is 929 g/mol. The van der Waals surface area contributed by atoms with Crippen LogP contribution in [-0.2, 0) is 0 Å². The van der Waals surface area contributed by atoms with E-state index in [0.29, 0.717) is 91.0 Å². The molecule has 10 aromatic carbocycles. The topological polar surface area (TPSA) is 97.5 Å². The van der Waals surface area contributed by atoms with Crippen molar-refractivity contribution in [2.45, 2.75) is 0 Å². The van der Waals surface area contributed by atoms with E-state index in [1.54, 1.807) is 0 Å². The Kier molecular flexibility index (Phi) is 9.08. The second-order valence-corrected chi connectivity index (χ2v) is 17.4. The predicted molar refractivity (Wildman–Crippen MR) is 280 cm³/mol. The van der Waals surface area contributed by atoms with Crippen molar-refractivity contribution in [1.29, 1.82) is 10.5 Å². The predicted octanol–water partition coefficient (Wildman–Crippen LogP) is 17.4. The largest absolute Gasteiger partial charge is 0.453 e. The molecule has 0 fully saturated rings. The molecule has 4 aliphatic rings. The van der Waals surface area contributed by atoms with Crippen LogP contribution in [0.5, 0.6) is 46.0 Å². The maximum atomic E-state index is 12.3. The molecule has 0 atom stereocenters. The summed E-state index contributed by atoms with van der Waals surface area (Å²) in [5.74, 6) is 5.06. The third-order valence-electron chi connectivity index (χ3n) is 13.5. The number of nitrogens with zero attached hydrogens (tertiary/aromatic N) is 6. The van der Waals surface area contributed by atoms with Gasteiger partial charge in [0.15, 0.2) is 46.0 Å². The summed E-state index contributed by atoms with van der Waals surface area (Å²) in [6.45, 7) is 0. The Morgan fingerprint density at radius 3 is 0.611 bits per heavy atom. The number of para-hydroxylation sites is 16. The van der Waals surface area contributed by atoms with Crippen LogP contribution in [0, 0.1) is 22.7 Å². The van der Waals surface area contributed by atoms with Crippen LogP contribution in [0.1, 0.15) is 11.1 Å². The number of hydrogen-bond acceptors (Lipinski definition) is 10. The van der Waals surface area contributed by atoms with Gasteiger partial charge in [0, 0.05) is 11.1 Å². The molecule has 0 spiro atoms. The summed E-state index contributed by atoms with van der Waals surface area (Å²) in [7, 11) is 0. The van der Waals surface area contributed by atoms with Gasteiger partial charge in [-0.3, -0.25) is 0 Å². The highest BCUT2D eigenvalue weighted by atomic mass is 16.5. The second-order valence-electron chi connectivity index (χ2n) is 17.4. The van der Waals surface area contributed by atoms with Gasteiger partial charge in [0.1, 0.15) is 12.1 Å². The molecule has 0 bridgehead atoms. The van der Waals surface area contributed by atoms with Gasteiger partial charge >= 0.3 is 0 Å². The lowest BCUT2D eigenvalue weighted by molar-refractivity contribution is 0.476. The third kappa shape index (κ3) is 6.07. The van der Waals surface area contributed by atoms with Gasteiger partial charge in [-0.25, -0.2) is 0 Å². The van der Waals surface area contributed by atoms with Crippen LogP contribution < -0.4 is 38.5 Å². The summed E-state index contributed by atoms with van der Waals surface area (Å²) in [6.07, 6.45) is 0. The SMILES string of the molecule is N#Cc1c(N2c3ccccc3Oc3ccccc32)ccc(N2c3ccccc3Oc3ccccc32)c1-c1c(N2c3ccccc3Oc3ccccc32)ccc(N2c3ccccc3Oc3ccccc32)c1C#N. The van der Waals surface area contributed by atoms with Gasteiger partial charge in [0.2, 0.25) is 0 Å². The quantitative estimate of drug-likeness (QED) is 0.166. The molecule has 0 unspecified atom stereocenters. The van der Waals surface area contributed by atoms with Crippen LogP contribution in [0.3, 0.4) is 0 Å². The van der Waals surface area contributed by atoms with E-state index in [9.17, 15) is 10.5 Å². The lowest BCUT2D eigenvalue weighted by atomic mass is 9.88. The number of nitriles is 2. The molecule has 4 heterocycles. The fourth-order valence-electron chi connectivity index (χ4n) is 10.5. The minimum atomic E-state index is 0.313. The molecular formula is C62H36N6O4. The van der Waals surface area contributed by atoms with E-state index in [4.69, 9.17) is 18.9 Å². The number of fused-ring (bicyclic) bond motifs is 8. The van der Waals surface area contributed by atoms with Crippen LogP contribution >= 0.6 is 0 Å². The van der Waals surface area contributed by atoms with Crippen molar-refractivity contribution in [3.63, 3.8) is 0 Å². The first-order valence-electron chi connectivity index (χ1n) is 23.5. The standard InChI is InChI=1S/C62H36N6O4/c63-37-39-41(65-43-17-1-9-25-53(43)69-54-26-10-2-18-44(54)65)33-35-51(67-47-21-5-13-29-57(47)71-58-30-14-6-22-48(58)67)61(39)62-40(38-64)42(66-45-19-3-11-27-55(45)70-56-28-12-4-20-46(56)66)34-36-52(62)68-49-23-7-15-31-59(49)72-60-32-16-8-24-50(60)68/h1-36H. The maximum Gasteiger partial charge on any atom is 0.151 e. The average Bonchev–Trinajstić information content (AvgIpc) is 3.44. The number of anilines is 12. The Morgan fingerprint density at radius 2 is 0.403 bits per heavy atom. The summed E-state index contributed by atoms with van der Waals surface area (Å²) >= 11 is 0. The monoisotopic (exact) mass is 928 g/mol. The molecule has 4 aliphatic heterocycles. The first-order valence-corrected chi connectivity index (χ1v) is 23.5. The van der Waals surface area contributed by atoms with Crippen LogP contribution in [0.25, 0.3) is 11.1 Å². The summed E-state index contributed by atoms with van der Waals surface area (Å²) in [5.41, 5.74) is 10.1. The fraction of sp³-hybridized carbons (Fsp3) is 0. The Bertz CT molecular complexity index is 3550. The molecule has 72 heavy (non-hydrogen) atoms. The second kappa shape index (κ2) is 16.1. The van der Waals surface area contributed by atoms with Gasteiger partial charge in [0.05, 0.1) is 79.4 Å². The number of ether oxygens (including phenoxy) is 4. The van der Waals surface area contributed by atoms with E-state index in [2.05, 4.69) is 43.9 Å². The lowest BCUT2D eigenvalue weighted by Crippen LogP contribution is -2.22. The van der Waals surface area contributed by atoms with Crippen molar-refractivity contribution >= 4 is 68.2 Å². The van der Waals surface area contributed by atoms with Crippen molar-refractivity contribution in [1.82, 2.24) is 0 Å². The van der Waals surface area contributed by atoms with Crippen LogP contribution in [0.15, 0.2) is 218 Å². The molecule has 0 radical (unpaired) electrons. The van der Waals surface area contributed by atoms with Gasteiger partial charge in [-0.15, -0.1) is 0 Å². The summed E-state index contributed by atoms with van der Waals surface area (Å²) in [5, 5.41) is 24.5. The van der Waals surface area contributed by atoms with Crippen molar-refractivity contribution < 1.29 is 18.9 Å². The number of rotatable bonds is 5. The molecule has 0 saturated carbocycles. The molecule has 338 valence electrons. The van der Waals surface area contributed by atoms with Gasteiger partial charge in [-0.2, -0.15) is 10.5 Å². The molecule has 10 heteroatoms. The van der Waals surface area contributed by atoms with Crippen molar-refractivity contribution in [2.24, 2.45) is 0 Å². The summed E-state index contributed by atoms with van der Waals surface area (Å²) < 4.78 is 26.3. The smallest absolute Gasteiger partial charge is 0.151 e. The molecule has 14 rings (SSSR count). The Labute approximate surface area is 414 Å². The number of benzene rings is 10. The van der Waals surface area contributed by atoms with Gasteiger partial charge in [-0.05, 0) is 121 Å². The van der Waals surface area contributed by atoms with E-state index < -0.39 is 0 Å². The first kappa shape index (κ1) is 40.6. The summed E-state index contributed by atoms with van der Waals surface area (Å²) in [4.78, 5) is 8.47. The molecule has 0 amide bonds. The van der Waals surface area contributed by atoms with Crippen LogP contribution in [-0.4, -0.2) is 0 Å². The van der Waals surface area contributed by atoms with Gasteiger partial charge < -0.3 is 38.5 Å². The zero-order valence-corrected chi connectivity index (χ0v) is 38.1. The zero-order valence-electron chi connectivity index (χ0n) is 38.1. The highest BCUT2D eigenvalue weighted by molar-refractivity contribution is 6.08. The highest BCUT2D eigenvalue weighted by Crippen LogP contribution is 2.61. The minimum absolute atomic E-state index is 0.313. The molecule has 0 saturated heterocycles.